The van der Waals surface area contributed by atoms with Gasteiger partial charge in [0.1, 0.15) is 0 Å². The van der Waals surface area contributed by atoms with Gasteiger partial charge in [0.05, 0.1) is 13.2 Å². The molecule has 2 heterocycles. The molecule has 37 heavy (non-hydrogen) atoms. The molecule has 8 nitrogen and oxygen atoms in total. The van der Waals surface area contributed by atoms with Crippen LogP contribution in [0, 0.1) is 0 Å². The van der Waals surface area contributed by atoms with E-state index in [1.54, 1.807) is 12.1 Å². The van der Waals surface area contributed by atoms with Crippen molar-refractivity contribution >= 4 is 28.4 Å². The Morgan fingerprint density at radius 3 is 2.08 bits per heavy atom. The summed E-state index contributed by atoms with van der Waals surface area (Å²) in [6.45, 7) is 8.73. The highest BCUT2D eigenvalue weighted by Crippen LogP contribution is 2.18. The molecule has 0 aliphatic carbocycles. The largest absolute Gasteiger partial charge is 0.379 e. The molecule has 2 saturated heterocycles. The van der Waals surface area contributed by atoms with Crippen LogP contribution in [0.4, 0.5) is 11.4 Å². The van der Waals surface area contributed by atoms with Gasteiger partial charge in [-0.1, -0.05) is 34.5 Å². The minimum atomic E-state index is -2.37. The summed E-state index contributed by atoms with van der Waals surface area (Å²) in [6.07, 6.45) is 0. The lowest BCUT2D eigenvalue weighted by atomic mass is 10.1. The molecule has 2 fully saturated rings. The Kier molecular flexibility index (Phi) is 10.2. The second-order valence-corrected chi connectivity index (χ2v) is 9.99. The van der Waals surface area contributed by atoms with E-state index in [0.29, 0.717) is 16.1 Å². The topological polar surface area (TPSA) is 94.1 Å². The molecular weight excluding hydrogens is 488 g/mol. The van der Waals surface area contributed by atoms with Crippen molar-refractivity contribution in [3.05, 3.63) is 90.0 Å². The predicted molar refractivity (Wildman–Crippen MR) is 149 cm³/mol. The maximum Gasteiger partial charge on any atom is 0.255 e. The van der Waals surface area contributed by atoms with Gasteiger partial charge in [-0.15, -0.1) is 0 Å². The minimum Gasteiger partial charge on any atom is -0.379 e. The fourth-order valence-corrected chi connectivity index (χ4v) is 4.62. The molecule has 0 radical (unpaired) electrons. The molecule has 0 spiro atoms. The Hall–Kier alpha value is -3.08. The number of rotatable bonds is 6. The standard InChI is InChI=1S/C24H25N3O3S.C4H9NO/c28-24(25-21-10-12-23(13-11-21)31(29)30)20-8-6-19(7-9-20)18-26-14-16-27(17-15-26)22-4-2-1-3-5-22;1-3-6-4-2-5-1/h1-13H,14-18H2,(H,25,28)(H,29,30);5H,1-4H2/p+1. The highest BCUT2D eigenvalue weighted by atomic mass is 32.2. The number of carbonyl (C=O) groups is 1. The first-order valence-corrected chi connectivity index (χ1v) is 13.8. The second kappa shape index (κ2) is 14.0. The van der Waals surface area contributed by atoms with Gasteiger partial charge in [-0.25, -0.2) is 0 Å². The van der Waals surface area contributed by atoms with E-state index in [-0.39, 0.29) is 5.91 Å². The van der Waals surface area contributed by atoms with Crippen molar-refractivity contribution < 1.29 is 18.3 Å². The van der Waals surface area contributed by atoms with Gasteiger partial charge in [-0.05, 0) is 54.1 Å². The van der Waals surface area contributed by atoms with Crippen LogP contribution in [0.25, 0.3) is 0 Å². The van der Waals surface area contributed by atoms with E-state index < -0.39 is 11.1 Å². The van der Waals surface area contributed by atoms with E-state index in [1.807, 2.05) is 30.3 Å². The molecule has 0 aromatic heterocycles. The zero-order valence-electron chi connectivity index (χ0n) is 20.9. The summed E-state index contributed by atoms with van der Waals surface area (Å²) in [4.78, 5) is 17.7. The van der Waals surface area contributed by atoms with E-state index >= 15 is 0 Å². The smallest absolute Gasteiger partial charge is 0.255 e. The normalized spacial score (nSPS) is 16.8. The number of nitrogens with one attached hydrogen (secondary N) is 2. The Bertz CT molecular complexity index is 1120. The van der Waals surface area contributed by atoms with Gasteiger partial charge in [0, 0.05) is 62.8 Å². The molecule has 5 rings (SSSR count). The highest BCUT2D eigenvalue weighted by molar-refractivity contribution is 7.79. The molecule has 1 atom stereocenters. The van der Waals surface area contributed by atoms with Crippen molar-refractivity contribution in [3.63, 3.8) is 0 Å². The van der Waals surface area contributed by atoms with Gasteiger partial charge in [0.15, 0.2) is 4.90 Å². The fourth-order valence-electron chi connectivity index (χ4n) is 4.21. The zero-order valence-corrected chi connectivity index (χ0v) is 21.8. The average Bonchev–Trinajstić information content (AvgIpc) is 2.96. The summed E-state index contributed by atoms with van der Waals surface area (Å²) in [5.41, 5.74) is 3.62. The Balaban J connectivity index is 0.000000469. The maximum atomic E-state index is 12.5. The number of ether oxygens (including phenoxy) is 1. The van der Waals surface area contributed by atoms with Gasteiger partial charge in [0.2, 0.25) is 11.1 Å². The van der Waals surface area contributed by atoms with Crippen LogP contribution < -0.4 is 15.5 Å². The van der Waals surface area contributed by atoms with Gasteiger partial charge in [-0.2, -0.15) is 4.55 Å². The number of thiol groups is 1. The van der Waals surface area contributed by atoms with Gasteiger partial charge >= 0.3 is 0 Å². The first kappa shape index (κ1) is 27.0. The van der Waals surface area contributed by atoms with E-state index in [1.165, 1.54) is 23.4 Å². The van der Waals surface area contributed by atoms with E-state index in [2.05, 4.69) is 44.7 Å². The van der Waals surface area contributed by atoms with Crippen LogP contribution in [0.3, 0.4) is 0 Å². The number of nitrogens with zero attached hydrogens (tertiary/aromatic N) is 2. The van der Waals surface area contributed by atoms with E-state index in [9.17, 15) is 9.00 Å². The number of para-hydroxylation sites is 1. The lowest BCUT2D eigenvalue weighted by Gasteiger charge is -2.36. The molecule has 2 aliphatic heterocycles. The third-order valence-corrected chi connectivity index (χ3v) is 7.05. The minimum absolute atomic E-state index is 0.204. The third-order valence-electron chi connectivity index (χ3n) is 6.31. The molecule has 1 unspecified atom stereocenters. The third kappa shape index (κ3) is 8.48. The van der Waals surface area contributed by atoms with Crippen molar-refractivity contribution in [2.45, 2.75) is 11.4 Å². The Labute approximate surface area is 220 Å². The number of amides is 1. The number of carbonyl (C=O) groups excluding carboxylic acids is 1. The lowest BCUT2D eigenvalue weighted by Crippen LogP contribution is -2.45. The average molecular weight is 524 g/mol. The van der Waals surface area contributed by atoms with Crippen LogP contribution in [0.5, 0.6) is 0 Å². The molecule has 3 N–H and O–H groups in total. The van der Waals surface area contributed by atoms with Crippen LogP contribution in [0.1, 0.15) is 15.9 Å². The summed E-state index contributed by atoms with van der Waals surface area (Å²) in [7, 11) is 0. The summed E-state index contributed by atoms with van der Waals surface area (Å²) >= 11 is -2.37. The summed E-state index contributed by atoms with van der Waals surface area (Å²) in [5, 5.41) is 5.97. The van der Waals surface area contributed by atoms with Crippen LogP contribution in [0.2, 0.25) is 0 Å². The predicted octanol–water partition coefficient (Wildman–Crippen LogP) is 3.40. The van der Waals surface area contributed by atoms with Crippen molar-refractivity contribution in [2.75, 3.05) is 62.7 Å². The van der Waals surface area contributed by atoms with Crippen molar-refractivity contribution in [2.24, 2.45) is 0 Å². The molecule has 3 aromatic rings. The van der Waals surface area contributed by atoms with Crippen molar-refractivity contribution in [3.8, 4) is 0 Å². The number of anilines is 2. The monoisotopic (exact) mass is 523 g/mol. The molecule has 9 heteroatoms. The van der Waals surface area contributed by atoms with Crippen molar-refractivity contribution in [1.82, 2.24) is 10.2 Å². The number of hydrogen-bond donors (Lipinski definition) is 3. The van der Waals surface area contributed by atoms with Crippen LogP contribution >= 0.6 is 0 Å². The van der Waals surface area contributed by atoms with Crippen LogP contribution in [-0.4, -0.2) is 67.8 Å². The molecule has 2 aliphatic rings. The first-order chi connectivity index (χ1) is 18.1. The lowest BCUT2D eigenvalue weighted by molar-refractivity contribution is 0.102. The summed E-state index contributed by atoms with van der Waals surface area (Å²) < 4.78 is 25.2. The number of piperazine rings is 1. The fraction of sp³-hybridized carbons (Fsp3) is 0.321. The van der Waals surface area contributed by atoms with E-state index in [0.717, 1.165) is 59.0 Å². The van der Waals surface area contributed by atoms with Crippen LogP contribution in [0.15, 0.2) is 83.8 Å². The molecule has 1 amide bonds. The quantitative estimate of drug-likeness (QED) is 0.337. The molecule has 0 saturated carbocycles. The summed E-state index contributed by atoms with van der Waals surface area (Å²) in [5.74, 6) is -0.204. The SMILES string of the molecule is C1COCCN1.O=C(Nc1ccc([SH+](=O)O)cc1)c1ccc(CN2CCN(c3ccccc3)CC2)cc1. The molecule has 196 valence electrons. The number of benzene rings is 3. The van der Waals surface area contributed by atoms with Gasteiger partial charge < -0.3 is 20.3 Å². The zero-order chi connectivity index (χ0) is 25.9. The summed E-state index contributed by atoms with van der Waals surface area (Å²) in [6, 6.07) is 24.5. The Morgan fingerprint density at radius 1 is 0.892 bits per heavy atom. The highest BCUT2D eigenvalue weighted by Gasteiger charge is 2.17. The molecular formula is C28H35N4O4S+. The molecule has 0 bridgehead atoms. The van der Waals surface area contributed by atoms with Gasteiger partial charge in [0.25, 0.3) is 5.91 Å². The van der Waals surface area contributed by atoms with E-state index in [4.69, 9.17) is 9.29 Å². The number of morpholine rings is 1. The Morgan fingerprint density at radius 2 is 1.54 bits per heavy atom. The van der Waals surface area contributed by atoms with Crippen LogP contribution in [-0.2, 0) is 26.6 Å². The van der Waals surface area contributed by atoms with Gasteiger partial charge in [-0.3, -0.25) is 9.69 Å². The maximum absolute atomic E-state index is 12.5. The second-order valence-electron chi connectivity index (χ2n) is 8.93. The van der Waals surface area contributed by atoms with Crippen molar-refractivity contribution in [1.29, 1.82) is 0 Å². The first-order valence-electron chi connectivity index (χ1n) is 12.6. The molecule has 3 aromatic carbocycles. The number of hydrogen-bond acceptors (Lipinski definition) is 6.